The maximum absolute atomic E-state index is 13.7. The second-order valence-electron chi connectivity index (χ2n) is 9.16. The number of pyridine rings is 2. The van der Waals surface area contributed by atoms with E-state index >= 15 is 0 Å². The third-order valence-electron chi connectivity index (χ3n) is 5.85. The van der Waals surface area contributed by atoms with Crippen molar-refractivity contribution < 1.29 is 17.9 Å². The number of nitriles is 2. The highest BCUT2D eigenvalue weighted by atomic mass is 19.1. The number of hydrogen-bond acceptors (Lipinski definition) is 5. The SMILES string of the molecule is CC(C)Oc1cncc(-c2ccc(C#N)c(F)c2)c1.N#Cc1ccc(-c2cncc(-c3ccc(F)cc3)c2)cc1F. The zero-order chi connectivity index (χ0) is 29.4. The molecule has 0 aliphatic rings. The van der Waals surface area contributed by atoms with Crippen LogP contribution in [0.25, 0.3) is 33.4 Å². The molecule has 0 N–H and O–H groups in total. The van der Waals surface area contributed by atoms with Crippen LogP contribution in [-0.2, 0) is 0 Å². The summed E-state index contributed by atoms with van der Waals surface area (Å²) in [5.41, 5.74) is 4.45. The first-order chi connectivity index (χ1) is 19.8. The van der Waals surface area contributed by atoms with Crippen LogP contribution in [-0.4, -0.2) is 16.1 Å². The Bertz CT molecular complexity index is 1760. The molecule has 5 aromatic rings. The van der Waals surface area contributed by atoms with E-state index in [2.05, 4.69) is 9.97 Å². The Morgan fingerprint density at radius 3 is 1.54 bits per heavy atom. The molecule has 0 fully saturated rings. The lowest BCUT2D eigenvalue weighted by Crippen LogP contribution is -2.05. The molecule has 0 amide bonds. The molecule has 0 spiro atoms. The van der Waals surface area contributed by atoms with E-state index in [1.165, 1.54) is 36.4 Å². The van der Waals surface area contributed by atoms with Crippen molar-refractivity contribution in [1.29, 1.82) is 10.5 Å². The van der Waals surface area contributed by atoms with Gasteiger partial charge in [0, 0.05) is 35.3 Å². The van der Waals surface area contributed by atoms with E-state index in [4.69, 9.17) is 15.3 Å². The van der Waals surface area contributed by atoms with Gasteiger partial charge < -0.3 is 4.74 Å². The molecule has 0 aliphatic heterocycles. The van der Waals surface area contributed by atoms with Gasteiger partial charge in [-0.25, -0.2) is 13.2 Å². The Labute approximate surface area is 235 Å². The summed E-state index contributed by atoms with van der Waals surface area (Å²) in [4.78, 5) is 8.22. The lowest BCUT2D eigenvalue weighted by atomic mass is 10.0. The minimum atomic E-state index is -0.563. The molecule has 41 heavy (non-hydrogen) atoms. The maximum Gasteiger partial charge on any atom is 0.141 e. The number of ether oxygens (including phenoxy) is 1. The van der Waals surface area contributed by atoms with E-state index in [1.807, 2.05) is 19.9 Å². The zero-order valence-electron chi connectivity index (χ0n) is 22.1. The maximum atomic E-state index is 13.7. The van der Waals surface area contributed by atoms with Gasteiger partial charge in [0.05, 0.1) is 23.4 Å². The smallest absolute Gasteiger partial charge is 0.141 e. The highest BCUT2D eigenvalue weighted by Crippen LogP contribution is 2.27. The van der Waals surface area contributed by atoms with Gasteiger partial charge in [-0.15, -0.1) is 0 Å². The second kappa shape index (κ2) is 13.1. The molecule has 0 saturated carbocycles. The van der Waals surface area contributed by atoms with E-state index in [-0.39, 0.29) is 23.0 Å². The summed E-state index contributed by atoms with van der Waals surface area (Å²) < 4.78 is 45.8. The first kappa shape index (κ1) is 28.5. The normalized spacial score (nSPS) is 10.2. The number of rotatable bonds is 5. The quantitative estimate of drug-likeness (QED) is 0.222. The van der Waals surface area contributed by atoms with E-state index < -0.39 is 11.6 Å². The first-order valence-corrected chi connectivity index (χ1v) is 12.5. The van der Waals surface area contributed by atoms with Crippen molar-refractivity contribution >= 4 is 0 Å². The van der Waals surface area contributed by atoms with Crippen molar-refractivity contribution in [3.63, 3.8) is 0 Å². The molecule has 5 nitrogen and oxygen atoms in total. The predicted octanol–water partition coefficient (Wildman–Crippen LogP) is 8.11. The number of benzene rings is 3. The summed E-state index contributed by atoms with van der Waals surface area (Å²) in [6.45, 7) is 3.85. The molecule has 5 rings (SSSR count). The lowest BCUT2D eigenvalue weighted by Gasteiger charge is -2.10. The van der Waals surface area contributed by atoms with E-state index in [0.29, 0.717) is 16.9 Å². The van der Waals surface area contributed by atoms with Crippen molar-refractivity contribution in [1.82, 2.24) is 9.97 Å². The van der Waals surface area contributed by atoms with Crippen molar-refractivity contribution in [2.75, 3.05) is 0 Å². The van der Waals surface area contributed by atoms with Gasteiger partial charge in [-0.1, -0.05) is 24.3 Å². The molecule has 8 heteroatoms. The molecule has 0 bridgehead atoms. The topological polar surface area (TPSA) is 82.6 Å². The van der Waals surface area contributed by atoms with E-state index in [9.17, 15) is 13.2 Å². The first-order valence-electron chi connectivity index (χ1n) is 12.5. The molecule has 2 aromatic heterocycles. The fourth-order valence-corrected chi connectivity index (χ4v) is 3.88. The average Bonchev–Trinajstić information content (AvgIpc) is 2.97. The number of aromatic nitrogens is 2. The van der Waals surface area contributed by atoms with E-state index in [1.54, 1.807) is 67.3 Å². The van der Waals surface area contributed by atoms with Gasteiger partial charge in [0.1, 0.15) is 35.3 Å². The second-order valence-corrected chi connectivity index (χ2v) is 9.16. The lowest BCUT2D eigenvalue weighted by molar-refractivity contribution is 0.241. The minimum Gasteiger partial charge on any atom is -0.489 e. The van der Waals surface area contributed by atoms with Crippen LogP contribution < -0.4 is 4.74 Å². The summed E-state index contributed by atoms with van der Waals surface area (Å²) >= 11 is 0. The highest BCUT2D eigenvalue weighted by Gasteiger charge is 2.08. The molecular weight excluding hydrogens is 525 g/mol. The Morgan fingerprint density at radius 2 is 1.05 bits per heavy atom. The van der Waals surface area contributed by atoms with Crippen LogP contribution in [0.5, 0.6) is 5.75 Å². The van der Waals surface area contributed by atoms with Crippen LogP contribution >= 0.6 is 0 Å². The fourth-order valence-electron chi connectivity index (χ4n) is 3.88. The third kappa shape index (κ3) is 7.35. The monoisotopic (exact) mass is 548 g/mol. The predicted molar refractivity (Wildman–Crippen MR) is 150 cm³/mol. The Hall–Kier alpha value is -5.47. The van der Waals surface area contributed by atoms with E-state index in [0.717, 1.165) is 22.3 Å². The van der Waals surface area contributed by atoms with Gasteiger partial charge in [0.2, 0.25) is 0 Å². The molecule has 0 atom stereocenters. The molecular formula is C33H23F3N4O. The highest BCUT2D eigenvalue weighted by molar-refractivity contribution is 5.72. The number of nitrogens with zero attached hydrogens (tertiary/aromatic N) is 4. The largest absolute Gasteiger partial charge is 0.489 e. The Morgan fingerprint density at radius 1 is 0.585 bits per heavy atom. The van der Waals surface area contributed by atoms with Crippen molar-refractivity contribution in [3.05, 3.63) is 126 Å². The number of halogens is 3. The van der Waals surface area contributed by atoms with Gasteiger partial charge in [-0.05, 0) is 79.1 Å². The van der Waals surface area contributed by atoms with Crippen LogP contribution in [0.4, 0.5) is 13.2 Å². The molecule has 0 unspecified atom stereocenters. The van der Waals surface area contributed by atoms with Crippen molar-refractivity contribution in [2.45, 2.75) is 20.0 Å². The minimum absolute atomic E-state index is 0.00592. The summed E-state index contributed by atoms with van der Waals surface area (Å²) in [6, 6.07) is 22.2. The summed E-state index contributed by atoms with van der Waals surface area (Å²) in [6.07, 6.45) is 6.58. The van der Waals surface area contributed by atoms with Gasteiger partial charge in [0.15, 0.2) is 0 Å². The van der Waals surface area contributed by atoms with Crippen molar-refractivity contribution in [3.8, 4) is 51.3 Å². The molecule has 2 heterocycles. The van der Waals surface area contributed by atoms with Crippen LogP contribution in [0.15, 0.2) is 97.6 Å². The average molecular weight is 549 g/mol. The van der Waals surface area contributed by atoms with Gasteiger partial charge >= 0.3 is 0 Å². The molecule has 0 radical (unpaired) electrons. The van der Waals surface area contributed by atoms with Gasteiger partial charge in [0.25, 0.3) is 0 Å². The molecule has 0 saturated heterocycles. The molecule has 202 valence electrons. The Kier molecular flexibility index (Phi) is 9.09. The molecule has 0 aliphatic carbocycles. The Balaban J connectivity index is 0.000000191. The third-order valence-corrected chi connectivity index (χ3v) is 5.85. The zero-order valence-corrected chi connectivity index (χ0v) is 22.1. The summed E-state index contributed by atoms with van der Waals surface area (Å²) in [5.74, 6) is -0.762. The van der Waals surface area contributed by atoms with Crippen molar-refractivity contribution in [2.24, 2.45) is 0 Å². The fraction of sp³-hybridized carbons (Fsp3) is 0.0909. The van der Waals surface area contributed by atoms with Crippen LogP contribution in [0, 0.1) is 40.1 Å². The summed E-state index contributed by atoms with van der Waals surface area (Å²) in [5, 5.41) is 17.5. The van der Waals surface area contributed by atoms with Crippen LogP contribution in [0.3, 0.4) is 0 Å². The van der Waals surface area contributed by atoms with Gasteiger partial charge in [-0.3, -0.25) is 9.97 Å². The molecule has 3 aromatic carbocycles. The number of hydrogen-bond donors (Lipinski definition) is 0. The standard InChI is InChI=1S/C18H10F2N2.C15H13FN2O/c19-17-5-3-12(4-6-17)15-7-16(11-22-10-15)13-1-2-14(9-21)18(20)8-13;1-10(2)19-14-5-13(8-18-9-14)11-3-4-12(7-17)15(16)6-11/h1-8,10-11H;3-6,8-10H,1-2H3. The van der Waals surface area contributed by atoms with Gasteiger partial charge in [-0.2, -0.15) is 10.5 Å². The summed E-state index contributed by atoms with van der Waals surface area (Å²) in [7, 11) is 0. The van der Waals surface area contributed by atoms with Crippen LogP contribution in [0.1, 0.15) is 25.0 Å². The van der Waals surface area contributed by atoms with Crippen LogP contribution in [0.2, 0.25) is 0 Å².